The number of aliphatic hydroxyl groups excluding tert-OH is 1. The van der Waals surface area contributed by atoms with Crippen LogP contribution in [0.15, 0.2) is 48.8 Å². The number of aromatic nitrogens is 1. The number of aliphatic hydroxyl groups is 1. The second-order valence-electron chi connectivity index (χ2n) is 6.88. The van der Waals surface area contributed by atoms with Crippen molar-refractivity contribution in [2.75, 3.05) is 36.5 Å². The molecule has 1 aliphatic heterocycles. The van der Waals surface area contributed by atoms with E-state index in [4.69, 9.17) is 5.11 Å². The molecule has 1 aromatic heterocycles. The number of nitrogens with one attached hydrogen (secondary N) is 1. The van der Waals surface area contributed by atoms with Crippen LogP contribution in [0.1, 0.15) is 31.2 Å². The Labute approximate surface area is 160 Å². The highest BCUT2D eigenvalue weighted by atomic mass is 16.3. The van der Waals surface area contributed by atoms with Crippen molar-refractivity contribution in [3.63, 3.8) is 0 Å². The number of hydrogen-bond acceptors (Lipinski definition) is 4. The molecule has 2 heterocycles. The maximum absolute atomic E-state index is 12.7. The fourth-order valence-electron chi connectivity index (χ4n) is 3.33. The zero-order valence-corrected chi connectivity index (χ0v) is 15.7. The Morgan fingerprint density at radius 3 is 2.44 bits per heavy atom. The predicted molar refractivity (Wildman–Crippen MR) is 108 cm³/mol. The van der Waals surface area contributed by atoms with Crippen molar-refractivity contribution < 1.29 is 9.90 Å². The smallest absolute Gasteiger partial charge is 0.322 e. The second kappa shape index (κ2) is 9.92. The first-order valence-electron chi connectivity index (χ1n) is 9.67. The van der Waals surface area contributed by atoms with E-state index < -0.39 is 0 Å². The Morgan fingerprint density at radius 1 is 1.07 bits per heavy atom. The number of urea groups is 1. The highest BCUT2D eigenvalue weighted by Crippen LogP contribution is 2.22. The monoisotopic (exact) mass is 368 g/mol. The largest absolute Gasteiger partial charge is 0.396 e. The van der Waals surface area contributed by atoms with E-state index in [1.54, 1.807) is 17.3 Å². The van der Waals surface area contributed by atoms with E-state index in [-0.39, 0.29) is 12.6 Å². The van der Waals surface area contributed by atoms with Gasteiger partial charge in [0.05, 0.1) is 0 Å². The molecule has 144 valence electrons. The highest BCUT2D eigenvalue weighted by molar-refractivity contribution is 5.89. The van der Waals surface area contributed by atoms with Crippen LogP contribution in [0.3, 0.4) is 0 Å². The Morgan fingerprint density at radius 2 is 1.78 bits per heavy atom. The fraction of sp³-hybridized carbons (Fsp3) is 0.429. The van der Waals surface area contributed by atoms with Crippen molar-refractivity contribution in [3.8, 4) is 0 Å². The molecule has 1 saturated heterocycles. The molecule has 2 aromatic rings. The number of carbonyl (C=O) groups excluding carboxylic acids is 1. The summed E-state index contributed by atoms with van der Waals surface area (Å²) in [5.74, 6) is 0. The molecule has 3 rings (SSSR count). The number of hydrogen-bond donors (Lipinski definition) is 2. The van der Waals surface area contributed by atoms with Crippen molar-refractivity contribution in [1.29, 1.82) is 0 Å². The lowest BCUT2D eigenvalue weighted by molar-refractivity contribution is 0.199. The van der Waals surface area contributed by atoms with Crippen LogP contribution in [0.4, 0.5) is 16.2 Å². The molecule has 2 amide bonds. The van der Waals surface area contributed by atoms with Gasteiger partial charge in [-0.3, -0.25) is 4.98 Å². The predicted octanol–water partition coefficient (Wildman–Crippen LogP) is 3.49. The van der Waals surface area contributed by atoms with Crippen LogP contribution in [0.2, 0.25) is 0 Å². The summed E-state index contributed by atoms with van der Waals surface area (Å²) >= 11 is 0. The molecule has 27 heavy (non-hydrogen) atoms. The third-order valence-electron chi connectivity index (χ3n) is 4.84. The first-order valence-corrected chi connectivity index (χ1v) is 9.67. The first-order chi connectivity index (χ1) is 13.3. The standard InChI is InChI=1S/C21H28N4O2/c26-16-4-15-25(17-18-9-11-22-12-10-18)21(27)23-19-5-7-20(8-6-19)24-13-2-1-3-14-24/h5-12,26H,1-4,13-17H2,(H,23,27). The van der Waals surface area contributed by atoms with Gasteiger partial charge in [0.15, 0.2) is 0 Å². The van der Waals surface area contributed by atoms with Gasteiger partial charge in [0.2, 0.25) is 0 Å². The molecule has 0 saturated carbocycles. The van der Waals surface area contributed by atoms with Gasteiger partial charge in [-0.05, 0) is 67.6 Å². The topological polar surface area (TPSA) is 68.7 Å². The van der Waals surface area contributed by atoms with E-state index in [1.165, 1.54) is 24.9 Å². The first kappa shape index (κ1) is 19.2. The third kappa shape index (κ3) is 5.69. The number of carbonyl (C=O) groups is 1. The van der Waals surface area contributed by atoms with E-state index in [2.05, 4.69) is 27.3 Å². The molecule has 0 aliphatic carbocycles. The van der Waals surface area contributed by atoms with Crippen molar-refractivity contribution in [1.82, 2.24) is 9.88 Å². The van der Waals surface area contributed by atoms with Gasteiger partial charge in [-0.2, -0.15) is 0 Å². The molecule has 1 aliphatic rings. The second-order valence-corrected chi connectivity index (χ2v) is 6.88. The zero-order chi connectivity index (χ0) is 18.9. The van der Waals surface area contributed by atoms with Crippen LogP contribution in [0, 0.1) is 0 Å². The summed E-state index contributed by atoms with van der Waals surface area (Å²) in [5.41, 5.74) is 3.00. The molecular formula is C21H28N4O2. The van der Waals surface area contributed by atoms with Gasteiger partial charge in [0, 0.05) is 56.6 Å². The van der Waals surface area contributed by atoms with Crippen LogP contribution in [0.25, 0.3) is 0 Å². The van der Waals surface area contributed by atoms with Gasteiger partial charge in [-0.25, -0.2) is 4.79 Å². The minimum Gasteiger partial charge on any atom is -0.396 e. The summed E-state index contributed by atoms with van der Waals surface area (Å²) < 4.78 is 0. The summed E-state index contributed by atoms with van der Waals surface area (Å²) in [6.07, 6.45) is 7.78. The maximum atomic E-state index is 12.7. The minimum absolute atomic E-state index is 0.0602. The van der Waals surface area contributed by atoms with Gasteiger partial charge in [-0.15, -0.1) is 0 Å². The molecule has 0 spiro atoms. The molecule has 0 atom stereocenters. The molecule has 1 aromatic carbocycles. The van der Waals surface area contributed by atoms with Crippen LogP contribution >= 0.6 is 0 Å². The normalized spacial score (nSPS) is 14.0. The lowest BCUT2D eigenvalue weighted by Crippen LogP contribution is -2.35. The molecule has 2 N–H and O–H groups in total. The van der Waals surface area contributed by atoms with E-state index in [0.717, 1.165) is 24.3 Å². The van der Waals surface area contributed by atoms with Crippen LogP contribution < -0.4 is 10.2 Å². The van der Waals surface area contributed by atoms with E-state index >= 15 is 0 Å². The fourth-order valence-corrected chi connectivity index (χ4v) is 3.33. The summed E-state index contributed by atoms with van der Waals surface area (Å²) in [5, 5.41) is 12.1. The van der Waals surface area contributed by atoms with Crippen LogP contribution in [0.5, 0.6) is 0 Å². The SMILES string of the molecule is O=C(Nc1ccc(N2CCCCC2)cc1)N(CCCO)Cc1ccncc1. The van der Waals surface area contributed by atoms with Crippen molar-refractivity contribution >= 4 is 17.4 Å². The number of amides is 2. The van der Waals surface area contributed by atoms with Crippen LogP contribution in [-0.4, -0.2) is 47.3 Å². The average Bonchev–Trinajstić information content (AvgIpc) is 2.73. The molecule has 6 nitrogen and oxygen atoms in total. The van der Waals surface area contributed by atoms with Gasteiger partial charge >= 0.3 is 6.03 Å². The van der Waals surface area contributed by atoms with Gasteiger partial charge in [0.1, 0.15) is 0 Å². The van der Waals surface area contributed by atoms with E-state index in [1.807, 2.05) is 24.3 Å². The van der Waals surface area contributed by atoms with Crippen molar-refractivity contribution in [2.24, 2.45) is 0 Å². The number of piperidine rings is 1. The minimum atomic E-state index is -0.161. The summed E-state index contributed by atoms with van der Waals surface area (Å²) in [6.45, 7) is 3.25. The van der Waals surface area contributed by atoms with Crippen molar-refractivity contribution in [2.45, 2.75) is 32.2 Å². The maximum Gasteiger partial charge on any atom is 0.322 e. The quantitative estimate of drug-likeness (QED) is 0.785. The average molecular weight is 368 g/mol. The highest BCUT2D eigenvalue weighted by Gasteiger charge is 2.15. The summed E-state index contributed by atoms with van der Waals surface area (Å²) in [7, 11) is 0. The lowest BCUT2D eigenvalue weighted by atomic mass is 10.1. The Bertz CT molecular complexity index is 700. The number of pyridine rings is 1. The Balaban J connectivity index is 1.61. The third-order valence-corrected chi connectivity index (χ3v) is 4.84. The van der Waals surface area contributed by atoms with Gasteiger partial charge < -0.3 is 20.2 Å². The molecule has 0 radical (unpaired) electrons. The van der Waals surface area contributed by atoms with E-state index in [9.17, 15) is 4.79 Å². The molecule has 0 unspecified atom stereocenters. The Hall–Kier alpha value is -2.60. The van der Waals surface area contributed by atoms with Crippen LogP contribution in [-0.2, 0) is 6.54 Å². The molecule has 1 fully saturated rings. The summed E-state index contributed by atoms with van der Waals surface area (Å²) in [4.78, 5) is 20.8. The Kier molecular flexibility index (Phi) is 7.04. The summed E-state index contributed by atoms with van der Waals surface area (Å²) in [6, 6.07) is 11.7. The lowest BCUT2D eigenvalue weighted by Gasteiger charge is -2.29. The molecular weight excluding hydrogens is 340 g/mol. The number of benzene rings is 1. The van der Waals surface area contributed by atoms with Gasteiger partial charge in [0.25, 0.3) is 0 Å². The van der Waals surface area contributed by atoms with Crippen molar-refractivity contribution in [3.05, 3.63) is 54.4 Å². The number of anilines is 2. The van der Waals surface area contributed by atoms with Gasteiger partial charge in [-0.1, -0.05) is 0 Å². The number of nitrogens with zero attached hydrogens (tertiary/aromatic N) is 3. The molecule has 0 bridgehead atoms. The van der Waals surface area contributed by atoms with E-state index in [0.29, 0.717) is 19.5 Å². The zero-order valence-electron chi connectivity index (χ0n) is 15.7. The molecule has 6 heteroatoms. The number of rotatable bonds is 7.